The molecule has 8 heavy (non-hydrogen) atoms. The molecule has 0 aromatic rings. The molecule has 0 radical (unpaired) electrons. The molecule has 0 amide bonds. The van der Waals surface area contributed by atoms with Gasteiger partial charge in [-0.15, -0.1) is 0 Å². The first-order chi connectivity index (χ1) is 3.91. The van der Waals surface area contributed by atoms with Crippen molar-refractivity contribution in [1.29, 1.82) is 0 Å². The average molecular weight is 151 g/mol. The van der Waals surface area contributed by atoms with E-state index in [9.17, 15) is 0 Å². The van der Waals surface area contributed by atoms with Crippen molar-refractivity contribution in [1.82, 2.24) is 0 Å². The van der Waals surface area contributed by atoms with Crippen LogP contribution >= 0.6 is 0 Å². The van der Waals surface area contributed by atoms with Gasteiger partial charge in [0.1, 0.15) is 0 Å². The van der Waals surface area contributed by atoms with E-state index in [0.717, 1.165) is 13.2 Å². The summed E-state index contributed by atoms with van der Waals surface area (Å²) in [5.41, 5.74) is 0. The SMILES string of the molecule is C1CCOC1.C[O][Ti]. The summed E-state index contributed by atoms with van der Waals surface area (Å²) in [6, 6.07) is 0. The number of rotatable bonds is 0. The standard InChI is InChI=1S/C4H8O.CH3O.Ti/c1-2-4-5-3-1;1-2;/h1-4H2;1H3;/q;-1;+1. The molecule has 0 bridgehead atoms. The van der Waals surface area contributed by atoms with E-state index in [4.69, 9.17) is 4.74 Å². The van der Waals surface area contributed by atoms with Crippen LogP contribution in [0.5, 0.6) is 0 Å². The summed E-state index contributed by atoms with van der Waals surface area (Å²) >= 11 is 1.62. The second kappa shape index (κ2) is 7.63. The van der Waals surface area contributed by atoms with Gasteiger partial charge >= 0.3 is 31.3 Å². The molecule has 1 heterocycles. The summed E-state index contributed by atoms with van der Waals surface area (Å²) in [6.07, 6.45) is 2.56. The van der Waals surface area contributed by atoms with Crippen LogP contribution in [0.15, 0.2) is 0 Å². The molecule has 0 unspecified atom stereocenters. The van der Waals surface area contributed by atoms with Crippen LogP contribution in [0.1, 0.15) is 12.8 Å². The molecular formula is C5H11O2Ti. The van der Waals surface area contributed by atoms with Crippen LogP contribution in [0.2, 0.25) is 0 Å². The molecule has 0 N–H and O–H groups in total. The van der Waals surface area contributed by atoms with E-state index in [0.29, 0.717) is 0 Å². The summed E-state index contributed by atoms with van der Waals surface area (Å²) in [5, 5.41) is 0. The van der Waals surface area contributed by atoms with Gasteiger partial charge in [0.15, 0.2) is 0 Å². The third-order valence-electron chi connectivity index (χ3n) is 0.827. The third-order valence-corrected chi connectivity index (χ3v) is 0.827. The van der Waals surface area contributed by atoms with E-state index in [1.807, 2.05) is 0 Å². The van der Waals surface area contributed by atoms with Crippen LogP contribution in [0.25, 0.3) is 0 Å². The molecule has 0 aromatic carbocycles. The van der Waals surface area contributed by atoms with E-state index in [1.165, 1.54) is 12.8 Å². The monoisotopic (exact) mass is 151 g/mol. The Morgan fingerprint density at radius 2 is 1.75 bits per heavy atom. The van der Waals surface area contributed by atoms with Gasteiger partial charge < -0.3 is 4.74 Å². The van der Waals surface area contributed by atoms with Crippen molar-refractivity contribution in [3.63, 3.8) is 0 Å². The van der Waals surface area contributed by atoms with E-state index in [2.05, 4.69) is 3.32 Å². The normalized spacial score (nSPS) is 17.0. The molecular weight excluding hydrogens is 140 g/mol. The van der Waals surface area contributed by atoms with Gasteiger partial charge in [-0.2, -0.15) is 0 Å². The second-order valence-electron chi connectivity index (χ2n) is 1.52. The van der Waals surface area contributed by atoms with E-state index in [-0.39, 0.29) is 0 Å². The van der Waals surface area contributed by atoms with E-state index in [1.54, 1.807) is 27.9 Å². The molecule has 1 saturated heterocycles. The molecule has 2 nitrogen and oxygen atoms in total. The quantitative estimate of drug-likeness (QED) is 0.478. The molecule has 0 atom stereocenters. The van der Waals surface area contributed by atoms with Crippen LogP contribution in [0.3, 0.4) is 0 Å². The Balaban J connectivity index is 0.000000145. The fourth-order valence-electron chi connectivity index (χ4n) is 0.510. The Kier molecular flexibility index (Phi) is 8.24. The minimum atomic E-state index is 1.00. The molecule has 1 fully saturated rings. The Morgan fingerprint density at radius 3 is 1.88 bits per heavy atom. The zero-order valence-corrected chi connectivity index (χ0v) is 6.71. The summed E-state index contributed by atoms with van der Waals surface area (Å²) in [7, 11) is 1.62. The van der Waals surface area contributed by atoms with Crippen molar-refractivity contribution in [3.8, 4) is 0 Å². The summed E-state index contributed by atoms with van der Waals surface area (Å²) in [5.74, 6) is 0. The van der Waals surface area contributed by atoms with Gasteiger partial charge in [0.2, 0.25) is 0 Å². The predicted octanol–water partition coefficient (Wildman–Crippen LogP) is 0.891. The van der Waals surface area contributed by atoms with Gasteiger partial charge in [-0.05, 0) is 12.8 Å². The summed E-state index contributed by atoms with van der Waals surface area (Å²) in [4.78, 5) is 0. The van der Waals surface area contributed by atoms with E-state index < -0.39 is 0 Å². The van der Waals surface area contributed by atoms with Crippen LogP contribution in [-0.4, -0.2) is 20.3 Å². The van der Waals surface area contributed by atoms with Crippen LogP contribution in [0, 0.1) is 0 Å². The Morgan fingerprint density at radius 1 is 1.38 bits per heavy atom. The van der Waals surface area contributed by atoms with Gasteiger partial charge in [0, 0.05) is 13.2 Å². The fourth-order valence-corrected chi connectivity index (χ4v) is 0.510. The molecule has 1 rings (SSSR count). The maximum atomic E-state index is 4.94. The average Bonchev–Trinajstić information content (AvgIpc) is 2.17. The fraction of sp³-hybridized carbons (Fsp3) is 1.00. The van der Waals surface area contributed by atoms with Gasteiger partial charge in [0.25, 0.3) is 0 Å². The molecule has 0 aliphatic carbocycles. The van der Waals surface area contributed by atoms with E-state index >= 15 is 0 Å². The predicted molar refractivity (Wildman–Crippen MR) is 27.1 cm³/mol. The van der Waals surface area contributed by atoms with Crippen molar-refractivity contribution in [3.05, 3.63) is 0 Å². The number of hydrogen-bond donors (Lipinski definition) is 0. The van der Waals surface area contributed by atoms with Crippen molar-refractivity contribution in [2.75, 3.05) is 20.3 Å². The van der Waals surface area contributed by atoms with Crippen molar-refractivity contribution in [2.24, 2.45) is 0 Å². The zero-order valence-electron chi connectivity index (χ0n) is 5.14. The Hall–Kier alpha value is 0.634. The first-order valence-corrected chi connectivity index (χ1v) is 3.33. The summed E-state index contributed by atoms with van der Waals surface area (Å²) in [6.45, 7) is 2.00. The Labute approximate surface area is 62.4 Å². The molecule has 3 heteroatoms. The van der Waals surface area contributed by atoms with Crippen LogP contribution < -0.4 is 0 Å². The molecule has 0 aromatic heterocycles. The topological polar surface area (TPSA) is 18.5 Å². The summed E-state index contributed by atoms with van der Waals surface area (Å²) < 4.78 is 9.19. The van der Waals surface area contributed by atoms with Gasteiger partial charge in [-0.1, -0.05) is 0 Å². The zero-order chi connectivity index (χ0) is 6.24. The van der Waals surface area contributed by atoms with Crippen LogP contribution in [0.4, 0.5) is 0 Å². The molecule has 47 valence electrons. The van der Waals surface area contributed by atoms with Gasteiger partial charge in [0.05, 0.1) is 0 Å². The van der Waals surface area contributed by atoms with Crippen molar-refractivity contribution < 1.29 is 28.9 Å². The van der Waals surface area contributed by atoms with Crippen molar-refractivity contribution >= 4 is 0 Å². The first kappa shape index (κ1) is 8.63. The van der Waals surface area contributed by atoms with Gasteiger partial charge in [-0.3, -0.25) is 0 Å². The van der Waals surface area contributed by atoms with Gasteiger partial charge in [-0.25, -0.2) is 0 Å². The first-order valence-electron chi connectivity index (χ1n) is 2.69. The number of ether oxygens (including phenoxy) is 1. The Bertz CT molecular complexity index is 29.8. The molecule has 0 saturated carbocycles. The molecule has 0 spiro atoms. The number of hydrogen-bond acceptors (Lipinski definition) is 2. The second-order valence-corrected chi connectivity index (χ2v) is 2.16. The third kappa shape index (κ3) is 6.63. The van der Waals surface area contributed by atoms with Crippen molar-refractivity contribution in [2.45, 2.75) is 12.8 Å². The minimum absolute atomic E-state index is 1.00. The van der Waals surface area contributed by atoms with Crippen LogP contribution in [-0.2, 0) is 28.9 Å². The molecule has 1 aliphatic heterocycles. The maximum absolute atomic E-state index is 4.94. The molecule has 1 aliphatic rings.